The quantitative estimate of drug-likeness (QED) is 0.237. The van der Waals surface area contributed by atoms with E-state index in [9.17, 15) is 4.79 Å². The minimum Gasteiger partial charge on any atom is -0.383 e. The molecule has 0 aliphatic heterocycles. The van der Waals surface area contributed by atoms with E-state index < -0.39 is 0 Å². The van der Waals surface area contributed by atoms with Crippen LogP contribution in [0.15, 0.2) is 29.3 Å². The summed E-state index contributed by atoms with van der Waals surface area (Å²) in [5, 5.41) is 9.62. The smallest absolute Gasteiger partial charge is 0.252 e. The molecule has 24 heavy (non-hydrogen) atoms. The third-order valence-electron chi connectivity index (χ3n) is 2.93. The largest absolute Gasteiger partial charge is 0.383 e. The van der Waals surface area contributed by atoms with Crippen molar-refractivity contribution < 1.29 is 9.53 Å². The summed E-state index contributed by atoms with van der Waals surface area (Å²) in [4.78, 5) is 16.4. The topological polar surface area (TPSA) is 74.8 Å². The predicted octanol–water partition coefficient (Wildman–Crippen LogP) is 2.28. The maximum Gasteiger partial charge on any atom is 0.252 e. The molecule has 1 amide bonds. The number of nitrogens with one attached hydrogen (secondary N) is 3. The minimum absolute atomic E-state index is 0. The Hall–Kier alpha value is -1.06. The van der Waals surface area contributed by atoms with Gasteiger partial charge < -0.3 is 20.7 Å². The van der Waals surface area contributed by atoms with Gasteiger partial charge in [0.2, 0.25) is 0 Å². The van der Waals surface area contributed by atoms with Crippen LogP contribution in [0.25, 0.3) is 0 Å². The number of nitrogens with zero attached hydrogens (tertiary/aromatic N) is 1. The molecule has 0 saturated heterocycles. The summed E-state index contributed by atoms with van der Waals surface area (Å²) in [5.74, 6) is 0.501. The number of halogens is 2. The minimum atomic E-state index is -0.198. The zero-order valence-corrected chi connectivity index (χ0v) is 17.4. The molecule has 1 aromatic rings. The first-order chi connectivity index (χ1) is 11.1. The molecule has 0 aliphatic rings. The van der Waals surface area contributed by atoms with Gasteiger partial charge >= 0.3 is 0 Å². The van der Waals surface area contributed by atoms with Crippen LogP contribution in [0.4, 0.5) is 0 Å². The van der Waals surface area contributed by atoms with Crippen LogP contribution >= 0.6 is 35.6 Å². The number of carbonyl (C=O) groups excluding carboxylic acids is 1. The fourth-order valence-corrected chi connectivity index (χ4v) is 2.14. The van der Waals surface area contributed by atoms with Gasteiger partial charge in [-0.3, -0.25) is 9.79 Å². The molecule has 0 bridgehead atoms. The van der Waals surface area contributed by atoms with E-state index in [1.165, 1.54) is 0 Å². The molecule has 136 valence electrons. The lowest BCUT2D eigenvalue weighted by Crippen LogP contribution is -2.44. The molecule has 1 unspecified atom stereocenters. The first-order valence-corrected chi connectivity index (χ1v) is 8.02. The highest BCUT2D eigenvalue weighted by atomic mass is 127. The number of hydrogen-bond acceptors (Lipinski definition) is 3. The fraction of sp³-hybridized carbons (Fsp3) is 0.500. The number of guanidine groups is 1. The summed E-state index contributed by atoms with van der Waals surface area (Å²) in [6, 6.07) is 7.11. The van der Waals surface area contributed by atoms with Crippen LogP contribution in [0.2, 0.25) is 5.02 Å². The van der Waals surface area contributed by atoms with Gasteiger partial charge in [-0.05, 0) is 26.0 Å². The number of ether oxygens (including phenoxy) is 1. The van der Waals surface area contributed by atoms with Gasteiger partial charge in [0.1, 0.15) is 0 Å². The molecule has 6 nitrogen and oxygen atoms in total. The predicted molar refractivity (Wildman–Crippen MR) is 110 cm³/mol. The second-order valence-corrected chi connectivity index (χ2v) is 5.40. The molecule has 8 heteroatoms. The molecule has 0 radical (unpaired) electrons. The van der Waals surface area contributed by atoms with E-state index in [4.69, 9.17) is 16.3 Å². The van der Waals surface area contributed by atoms with E-state index in [2.05, 4.69) is 20.9 Å². The maximum atomic E-state index is 12.0. The van der Waals surface area contributed by atoms with Gasteiger partial charge in [-0.15, -0.1) is 24.0 Å². The van der Waals surface area contributed by atoms with E-state index in [1.54, 1.807) is 31.4 Å². The molecule has 3 N–H and O–H groups in total. The number of aliphatic imine (C=N–C) groups is 1. The molecular weight excluding hydrogens is 443 g/mol. The van der Waals surface area contributed by atoms with Crippen molar-refractivity contribution >= 4 is 47.4 Å². The number of hydrogen-bond donors (Lipinski definition) is 3. The first kappa shape index (κ1) is 22.9. The van der Waals surface area contributed by atoms with Crippen molar-refractivity contribution in [3.63, 3.8) is 0 Å². The molecule has 1 aromatic carbocycles. The highest BCUT2D eigenvalue weighted by Crippen LogP contribution is 2.14. The maximum absolute atomic E-state index is 12.0. The molecule has 0 aromatic heterocycles. The number of methoxy groups -OCH3 is 1. The molecule has 0 spiro atoms. The summed E-state index contributed by atoms with van der Waals surface area (Å²) in [7, 11) is 1.66. The number of carbonyl (C=O) groups is 1. The molecule has 0 heterocycles. The van der Waals surface area contributed by atoms with Gasteiger partial charge in [0.15, 0.2) is 5.96 Å². The lowest BCUT2D eigenvalue weighted by molar-refractivity contribution is 0.0955. The van der Waals surface area contributed by atoms with Gasteiger partial charge in [-0.1, -0.05) is 23.7 Å². The fourth-order valence-electron chi connectivity index (χ4n) is 1.92. The third-order valence-corrected chi connectivity index (χ3v) is 3.26. The highest BCUT2D eigenvalue weighted by Gasteiger charge is 2.08. The van der Waals surface area contributed by atoms with Crippen LogP contribution in [0, 0.1) is 0 Å². The second kappa shape index (κ2) is 13.3. The molecule has 1 rings (SSSR count). The second-order valence-electron chi connectivity index (χ2n) is 5.00. The number of rotatable bonds is 8. The Labute approximate surface area is 165 Å². The van der Waals surface area contributed by atoms with Crippen LogP contribution in [0.3, 0.4) is 0 Å². The summed E-state index contributed by atoms with van der Waals surface area (Å²) in [6.07, 6.45) is 0. The van der Waals surface area contributed by atoms with E-state index in [0.29, 0.717) is 36.2 Å². The van der Waals surface area contributed by atoms with Gasteiger partial charge in [0.25, 0.3) is 5.91 Å². The molecule has 0 aliphatic carbocycles. The number of amides is 1. The van der Waals surface area contributed by atoms with Crippen LogP contribution in [0.5, 0.6) is 0 Å². The van der Waals surface area contributed by atoms with Crippen molar-refractivity contribution in [1.29, 1.82) is 0 Å². The van der Waals surface area contributed by atoms with Crippen molar-refractivity contribution in [1.82, 2.24) is 16.0 Å². The van der Waals surface area contributed by atoms with Crippen molar-refractivity contribution in [2.45, 2.75) is 19.9 Å². The molecular formula is C16H26ClIN4O2. The van der Waals surface area contributed by atoms with Crippen LogP contribution in [0.1, 0.15) is 24.2 Å². The monoisotopic (exact) mass is 468 g/mol. The highest BCUT2D eigenvalue weighted by molar-refractivity contribution is 14.0. The Morgan fingerprint density at radius 1 is 1.33 bits per heavy atom. The van der Waals surface area contributed by atoms with E-state index >= 15 is 0 Å². The van der Waals surface area contributed by atoms with E-state index in [1.807, 2.05) is 13.8 Å². The van der Waals surface area contributed by atoms with Crippen LogP contribution in [-0.2, 0) is 4.74 Å². The Kier molecular flexibility index (Phi) is 12.7. The summed E-state index contributed by atoms with van der Waals surface area (Å²) in [6.45, 7) is 6.25. The van der Waals surface area contributed by atoms with Crippen LogP contribution in [-0.4, -0.2) is 51.3 Å². The molecule has 0 saturated carbocycles. The first-order valence-electron chi connectivity index (χ1n) is 7.65. The Morgan fingerprint density at radius 2 is 2.04 bits per heavy atom. The van der Waals surface area contributed by atoms with Crippen LogP contribution < -0.4 is 16.0 Å². The summed E-state index contributed by atoms with van der Waals surface area (Å²) >= 11 is 5.99. The van der Waals surface area contributed by atoms with E-state index in [-0.39, 0.29) is 35.9 Å². The van der Waals surface area contributed by atoms with Gasteiger partial charge in [-0.2, -0.15) is 0 Å². The standard InChI is InChI=1S/C16H25ClN4O2.HI/c1-4-18-16(21-12(2)11-23-3)20-10-9-19-15(22)13-7-5-6-8-14(13)17;/h5-8,12H,4,9-11H2,1-3H3,(H,19,22)(H2,18,20,21);1H. The average Bonchev–Trinajstić information content (AvgIpc) is 2.52. The summed E-state index contributed by atoms with van der Waals surface area (Å²) < 4.78 is 5.09. The normalized spacial score (nSPS) is 12.1. The summed E-state index contributed by atoms with van der Waals surface area (Å²) in [5.41, 5.74) is 0.469. The average molecular weight is 469 g/mol. The molecule has 1 atom stereocenters. The SMILES string of the molecule is CCNC(=NCCNC(=O)c1ccccc1Cl)NC(C)COC.I. The van der Waals surface area contributed by atoms with Gasteiger partial charge in [-0.25, -0.2) is 0 Å². The Morgan fingerprint density at radius 3 is 2.67 bits per heavy atom. The zero-order valence-electron chi connectivity index (χ0n) is 14.3. The van der Waals surface area contributed by atoms with Gasteiger partial charge in [0.05, 0.1) is 23.7 Å². The lowest BCUT2D eigenvalue weighted by Gasteiger charge is -2.17. The van der Waals surface area contributed by atoms with Gasteiger partial charge in [0, 0.05) is 26.2 Å². The third kappa shape index (κ3) is 8.70. The van der Waals surface area contributed by atoms with E-state index in [0.717, 1.165) is 6.54 Å². The Bertz CT molecular complexity index is 529. The van der Waals surface area contributed by atoms with Crippen molar-refractivity contribution in [2.24, 2.45) is 4.99 Å². The zero-order chi connectivity index (χ0) is 17.1. The van der Waals surface area contributed by atoms with Crippen molar-refractivity contribution in [3.05, 3.63) is 34.9 Å². The lowest BCUT2D eigenvalue weighted by atomic mass is 10.2. The number of benzene rings is 1. The van der Waals surface area contributed by atoms with Crippen molar-refractivity contribution in [3.8, 4) is 0 Å². The Balaban J connectivity index is 0.00000529. The molecule has 0 fully saturated rings. The van der Waals surface area contributed by atoms with Crippen molar-refractivity contribution in [2.75, 3.05) is 33.4 Å².